The van der Waals surface area contributed by atoms with Crippen molar-refractivity contribution in [1.82, 2.24) is 9.97 Å². The van der Waals surface area contributed by atoms with Crippen LogP contribution in [-0.2, 0) is 6.54 Å². The standard InChI is InChI=1S/C12H13N3O/c1-9-11(3-2-5-15-9)16-12-4-6-14-8-10(12)7-13/h2-6,8H,7,13H2,1H3. The molecule has 0 aliphatic carbocycles. The van der Waals surface area contributed by atoms with Crippen LogP contribution in [0.5, 0.6) is 11.5 Å². The molecule has 0 aliphatic rings. The second-order valence-electron chi connectivity index (χ2n) is 3.38. The van der Waals surface area contributed by atoms with Crippen LogP contribution in [0.15, 0.2) is 36.8 Å². The van der Waals surface area contributed by atoms with Crippen molar-refractivity contribution in [3.63, 3.8) is 0 Å². The van der Waals surface area contributed by atoms with Gasteiger partial charge in [-0.1, -0.05) is 0 Å². The molecule has 0 aliphatic heterocycles. The Morgan fingerprint density at radius 3 is 2.88 bits per heavy atom. The number of pyridine rings is 2. The second-order valence-corrected chi connectivity index (χ2v) is 3.38. The van der Waals surface area contributed by atoms with Crippen molar-refractivity contribution in [2.45, 2.75) is 13.5 Å². The van der Waals surface area contributed by atoms with Crippen molar-refractivity contribution in [3.05, 3.63) is 48.0 Å². The van der Waals surface area contributed by atoms with E-state index in [9.17, 15) is 0 Å². The molecule has 4 heteroatoms. The number of nitrogens with zero attached hydrogens (tertiary/aromatic N) is 2. The lowest BCUT2D eigenvalue weighted by Gasteiger charge is -2.10. The van der Waals surface area contributed by atoms with Crippen LogP contribution in [0.25, 0.3) is 0 Å². The molecule has 2 N–H and O–H groups in total. The van der Waals surface area contributed by atoms with Gasteiger partial charge in [-0.15, -0.1) is 0 Å². The number of hydrogen-bond donors (Lipinski definition) is 1. The number of aryl methyl sites for hydroxylation is 1. The first-order valence-corrected chi connectivity index (χ1v) is 5.03. The van der Waals surface area contributed by atoms with Gasteiger partial charge in [0, 0.05) is 30.7 Å². The Morgan fingerprint density at radius 2 is 2.12 bits per heavy atom. The molecule has 16 heavy (non-hydrogen) atoms. The lowest BCUT2D eigenvalue weighted by Crippen LogP contribution is -2.00. The third kappa shape index (κ3) is 2.17. The molecule has 2 aromatic rings. The molecule has 0 radical (unpaired) electrons. The van der Waals surface area contributed by atoms with E-state index in [1.807, 2.05) is 19.1 Å². The lowest BCUT2D eigenvalue weighted by atomic mass is 10.2. The van der Waals surface area contributed by atoms with E-state index in [2.05, 4.69) is 9.97 Å². The van der Waals surface area contributed by atoms with E-state index in [0.717, 1.165) is 22.8 Å². The molecule has 0 unspecified atom stereocenters. The first kappa shape index (κ1) is 10.6. The van der Waals surface area contributed by atoms with Gasteiger partial charge in [0.1, 0.15) is 11.5 Å². The molecule has 2 aromatic heterocycles. The van der Waals surface area contributed by atoms with Crippen molar-refractivity contribution < 1.29 is 4.74 Å². The maximum atomic E-state index is 5.75. The Bertz CT molecular complexity index is 485. The summed E-state index contributed by atoms with van der Waals surface area (Å²) in [5, 5.41) is 0. The first-order chi connectivity index (χ1) is 7.81. The van der Waals surface area contributed by atoms with E-state index in [1.54, 1.807) is 24.7 Å². The molecule has 82 valence electrons. The summed E-state index contributed by atoms with van der Waals surface area (Å²) in [4.78, 5) is 8.16. The lowest BCUT2D eigenvalue weighted by molar-refractivity contribution is 0.469. The Kier molecular flexibility index (Phi) is 3.12. The van der Waals surface area contributed by atoms with Crippen molar-refractivity contribution in [3.8, 4) is 11.5 Å². The summed E-state index contributed by atoms with van der Waals surface area (Å²) in [6.07, 6.45) is 5.12. The van der Waals surface area contributed by atoms with Crippen LogP contribution in [0, 0.1) is 6.92 Å². The average Bonchev–Trinajstić information content (AvgIpc) is 2.33. The summed E-state index contributed by atoms with van der Waals surface area (Å²) in [6.45, 7) is 2.31. The quantitative estimate of drug-likeness (QED) is 0.851. The highest BCUT2D eigenvalue weighted by molar-refractivity contribution is 5.36. The molecule has 2 rings (SSSR count). The fourth-order valence-electron chi connectivity index (χ4n) is 1.36. The van der Waals surface area contributed by atoms with Crippen LogP contribution >= 0.6 is 0 Å². The highest BCUT2D eigenvalue weighted by atomic mass is 16.5. The molecule has 0 amide bonds. The zero-order valence-corrected chi connectivity index (χ0v) is 9.05. The van der Waals surface area contributed by atoms with Crippen LogP contribution in [0.4, 0.5) is 0 Å². The first-order valence-electron chi connectivity index (χ1n) is 5.03. The molecule has 0 spiro atoms. The minimum Gasteiger partial charge on any atom is -0.455 e. The van der Waals surface area contributed by atoms with Gasteiger partial charge in [0.15, 0.2) is 0 Å². The second kappa shape index (κ2) is 4.72. The largest absolute Gasteiger partial charge is 0.455 e. The summed E-state index contributed by atoms with van der Waals surface area (Å²) >= 11 is 0. The molecule has 0 saturated heterocycles. The monoisotopic (exact) mass is 215 g/mol. The highest BCUT2D eigenvalue weighted by Crippen LogP contribution is 2.25. The summed E-state index contributed by atoms with van der Waals surface area (Å²) in [6, 6.07) is 5.52. The van der Waals surface area contributed by atoms with Gasteiger partial charge in [-0.25, -0.2) is 0 Å². The third-order valence-corrected chi connectivity index (χ3v) is 2.26. The summed E-state index contributed by atoms with van der Waals surface area (Å²) in [5.41, 5.74) is 7.34. The predicted molar refractivity (Wildman–Crippen MR) is 61.2 cm³/mol. The molecule has 0 bridgehead atoms. The van der Waals surface area contributed by atoms with E-state index in [1.165, 1.54) is 0 Å². The number of hydrogen-bond acceptors (Lipinski definition) is 4. The fraction of sp³-hybridized carbons (Fsp3) is 0.167. The van der Waals surface area contributed by atoms with Gasteiger partial charge in [-0.05, 0) is 25.1 Å². The van der Waals surface area contributed by atoms with Gasteiger partial charge in [-0.3, -0.25) is 9.97 Å². The van der Waals surface area contributed by atoms with Gasteiger partial charge < -0.3 is 10.5 Å². The molecule has 0 aromatic carbocycles. The molecule has 0 atom stereocenters. The van der Waals surface area contributed by atoms with Crippen LogP contribution in [-0.4, -0.2) is 9.97 Å². The predicted octanol–water partition coefficient (Wildman–Crippen LogP) is 2.04. The van der Waals surface area contributed by atoms with E-state index < -0.39 is 0 Å². The number of rotatable bonds is 3. The maximum absolute atomic E-state index is 5.75. The molecule has 2 heterocycles. The minimum absolute atomic E-state index is 0.405. The van der Waals surface area contributed by atoms with Crippen LogP contribution in [0.1, 0.15) is 11.3 Å². The molecular formula is C12H13N3O. The van der Waals surface area contributed by atoms with Crippen LogP contribution in [0.3, 0.4) is 0 Å². The van der Waals surface area contributed by atoms with Crippen molar-refractivity contribution >= 4 is 0 Å². The molecule has 0 saturated carbocycles. The van der Waals surface area contributed by atoms with Crippen molar-refractivity contribution in [1.29, 1.82) is 0 Å². The van der Waals surface area contributed by atoms with Crippen LogP contribution in [0.2, 0.25) is 0 Å². The summed E-state index contributed by atoms with van der Waals surface area (Å²) < 4.78 is 5.75. The third-order valence-electron chi connectivity index (χ3n) is 2.26. The normalized spacial score (nSPS) is 10.1. The maximum Gasteiger partial charge on any atom is 0.148 e. The van der Waals surface area contributed by atoms with Crippen LogP contribution < -0.4 is 10.5 Å². The topological polar surface area (TPSA) is 61.0 Å². The van der Waals surface area contributed by atoms with Gasteiger partial charge in [-0.2, -0.15) is 0 Å². The van der Waals surface area contributed by atoms with Gasteiger partial charge >= 0.3 is 0 Å². The van der Waals surface area contributed by atoms with E-state index in [0.29, 0.717) is 6.54 Å². The van der Waals surface area contributed by atoms with Gasteiger partial charge in [0.05, 0.1) is 5.69 Å². The van der Waals surface area contributed by atoms with Crippen molar-refractivity contribution in [2.24, 2.45) is 5.73 Å². The summed E-state index contributed by atoms with van der Waals surface area (Å²) in [5.74, 6) is 1.47. The average molecular weight is 215 g/mol. The molecule has 4 nitrogen and oxygen atoms in total. The fourth-order valence-corrected chi connectivity index (χ4v) is 1.36. The van der Waals surface area contributed by atoms with Crippen molar-refractivity contribution in [2.75, 3.05) is 0 Å². The summed E-state index contributed by atoms with van der Waals surface area (Å²) in [7, 11) is 0. The smallest absolute Gasteiger partial charge is 0.148 e. The Labute approximate surface area is 94.1 Å². The SMILES string of the molecule is Cc1ncccc1Oc1ccncc1CN. The Hall–Kier alpha value is -1.94. The molecular weight excluding hydrogens is 202 g/mol. The number of ether oxygens (including phenoxy) is 1. The zero-order valence-electron chi connectivity index (χ0n) is 9.05. The molecule has 0 fully saturated rings. The highest BCUT2D eigenvalue weighted by Gasteiger charge is 2.05. The minimum atomic E-state index is 0.405. The van der Waals surface area contributed by atoms with E-state index in [4.69, 9.17) is 10.5 Å². The number of aromatic nitrogens is 2. The van der Waals surface area contributed by atoms with Gasteiger partial charge in [0.25, 0.3) is 0 Å². The van der Waals surface area contributed by atoms with E-state index >= 15 is 0 Å². The Balaban J connectivity index is 2.30. The van der Waals surface area contributed by atoms with Gasteiger partial charge in [0.2, 0.25) is 0 Å². The van der Waals surface area contributed by atoms with E-state index in [-0.39, 0.29) is 0 Å². The zero-order chi connectivity index (χ0) is 11.4. The Morgan fingerprint density at radius 1 is 1.25 bits per heavy atom. The number of nitrogens with two attached hydrogens (primary N) is 1.